The molecule has 8 heteroatoms. The number of thiazole rings is 1. The summed E-state index contributed by atoms with van der Waals surface area (Å²) >= 11 is 1.49. The highest BCUT2D eigenvalue weighted by Gasteiger charge is 2.16. The van der Waals surface area contributed by atoms with Gasteiger partial charge in [-0.1, -0.05) is 25.0 Å². The van der Waals surface area contributed by atoms with Gasteiger partial charge < -0.3 is 16.0 Å². The largest absolute Gasteiger partial charge is 0.370 e. The van der Waals surface area contributed by atoms with Crippen molar-refractivity contribution in [1.82, 2.24) is 4.98 Å². The molecule has 5 nitrogen and oxygen atoms in total. The van der Waals surface area contributed by atoms with Gasteiger partial charge in [-0.2, -0.15) is 0 Å². The third-order valence-electron chi connectivity index (χ3n) is 4.24. The van der Waals surface area contributed by atoms with Crippen LogP contribution in [0.25, 0.3) is 0 Å². The monoisotopic (exact) mass is 416 g/mol. The molecule has 1 saturated heterocycles. The first kappa shape index (κ1) is 22.7. The number of hydrogen-bond donors (Lipinski definition) is 2. The van der Waals surface area contributed by atoms with Gasteiger partial charge in [0.1, 0.15) is 5.69 Å². The molecule has 0 atom stereocenters. The Labute approximate surface area is 171 Å². The molecule has 1 aromatic carbocycles. The number of aromatic nitrogens is 1. The molecule has 0 spiro atoms. The van der Waals surface area contributed by atoms with Crippen molar-refractivity contribution >= 4 is 53.4 Å². The van der Waals surface area contributed by atoms with E-state index in [-0.39, 0.29) is 30.7 Å². The lowest BCUT2D eigenvalue weighted by Crippen LogP contribution is -2.25. The van der Waals surface area contributed by atoms with E-state index in [2.05, 4.69) is 21.3 Å². The molecule has 0 saturated carbocycles. The fraction of sp³-hybridized carbons (Fsp3) is 0.444. The fourth-order valence-electron chi connectivity index (χ4n) is 3.01. The van der Waals surface area contributed by atoms with Crippen LogP contribution in [-0.4, -0.2) is 30.5 Å². The maximum absolute atomic E-state index is 12.5. The number of carbonyl (C=O) groups is 1. The summed E-state index contributed by atoms with van der Waals surface area (Å²) in [6, 6.07) is 8.03. The quantitative estimate of drug-likeness (QED) is 0.768. The van der Waals surface area contributed by atoms with Crippen molar-refractivity contribution in [1.29, 1.82) is 0 Å². The molecule has 3 N–H and O–H groups in total. The molecule has 1 aromatic heterocycles. The Morgan fingerprint density at radius 3 is 2.54 bits per heavy atom. The second-order valence-corrected chi connectivity index (χ2v) is 6.98. The molecule has 1 aliphatic heterocycles. The van der Waals surface area contributed by atoms with E-state index in [4.69, 9.17) is 5.73 Å². The van der Waals surface area contributed by atoms with E-state index < -0.39 is 0 Å². The molecule has 2 heterocycles. The van der Waals surface area contributed by atoms with Crippen molar-refractivity contribution in [2.45, 2.75) is 32.1 Å². The number of nitrogens with one attached hydrogen (secondary N) is 1. The highest BCUT2D eigenvalue weighted by atomic mass is 35.5. The van der Waals surface area contributed by atoms with Crippen LogP contribution in [0.1, 0.15) is 41.2 Å². The summed E-state index contributed by atoms with van der Waals surface area (Å²) in [5.74, 6) is -0.156. The van der Waals surface area contributed by atoms with Crippen LogP contribution in [0, 0.1) is 0 Å². The van der Waals surface area contributed by atoms with Gasteiger partial charge in [0.2, 0.25) is 0 Å². The Bertz CT molecular complexity index is 687. The lowest BCUT2D eigenvalue weighted by atomic mass is 10.2. The summed E-state index contributed by atoms with van der Waals surface area (Å²) in [4.78, 5) is 19.3. The minimum atomic E-state index is -0.156. The van der Waals surface area contributed by atoms with Gasteiger partial charge in [-0.25, -0.2) is 4.98 Å². The number of nitrogens with two attached hydrogens (primary N) is 1. The van der Waals surface area contributed by atoms with E-state index in [9.17, 15) is 4.79 Å². The Kier molecular flexibility index (Phi) is 9.94. The Morgan fingerprint density at radius 2 is 1.85 bits per heavy atom. The van der Waals surface area contributed by atoms with Gasteiger partial charge in [0.05, 0.1) is 16.4 Å². The molecule has 1 fully saturated rings. The number of para-hydroxylation sites is 2. The number of rotatable bonds is 5. The molecule has 1 aliphatic rings. The lowest BCUT2D eigenvalue weighted by molar-refractivity contribution is 0.102. The minimum absolute atomic E-state index is 0. The van der Waals surface area contributed by atoms with Crippen LogP contribution >= 0.6 is 36.2 Å². The molecular formula is C18H26Cl2N4OS. The first-order valence-corrected chi connectivity index (χ1v) is 9.45. The zero-order chi connectivity index (χ0) is 16.8. The predicted molar refractivity (Wildman–Crippen MR) is 114 cm³/mol. The molecule has 1 amide bonds. The molecule has 3 rings (SSSR count). The Hall–Kier alpha value is -1.34. The van der Waals surface area contributed by atoms with Crippen molar-refractivity contribution in [3.63, 3.8) is 0 Å². The van der Waals surface area contributed by atoms with E-state index in [1.165, 1.54) is 37.0 Å². The van der Waals surface area contributed by atoms with Crippen LogP contribution in [0.5, 0.6) is 0 Å². The van der Waals surface area contributed by atoms with Crippen LogP contribution in [0.15, 0.2) is 29.6 Å². The molecule has 0 unspecified atom stereocenters. The zero-order valence-electron chi connectivity index (χ0n) is 14.6. The Balaban J connectivity index is 0.00000169. The van der Waals surface area contributed by atoms with E-state index in [1.807, 2.05) is 18.2 Å². The SMILES string of the molecule is Cl.Cl.NCCc1nc(C(=O)Nc2ccccc2N2CCCCCC2)cs1. The van der Waals surface area contributed by atoms with E-state index >= 15 is 0 Å². The third-order valence-corrected chi connectivity index (χ3v) is 5.15. The number of benzene rings is 1. The van der Waals surface area contributed by atoms with Crippen molar-refractivity contribution in [3.05, 3.63) is 40.3 Å². The summed E-state index contributed by atoms with van der Waals surface area (Å²) in [6.07, 6.45) is 5.69. The third kappa shape index (κ3) is 5.84. The molecular weight excluding hydrogens is 391 g/mol. The molecule has 26 heavy (non-hydrogen) atoms. The summed E-state index contributed by atoms with van der Waals surface area (Å²) in [5.41, 5.74) is 7.97. The number of hydrogen-bond acceptors (Lipinski definition) is 5. The molecule has 144 valence electrons. The van der Waals surface area contributed by atoms with Gasteiger partial charge >= 0.3 is 0 Å². The minimum Gasteiger partial charge on any atom is -0.370 e. The smallest absolute Gasteiger partial charge is 0.275 e. The predicted octanol–water partition coefficient (Wildman–Crippen LogP) is 4.12. The van der Waals surface area contributed by atoms with Gasteiger partial charge in [0.15, 0.2) is 0 Å². The van der Waals surface area contributed by atoms with E-state index in [1.54, 1.807) is 5.38 Å². The summed E-state index contributed by atoms with van der Waals surface area (Å²) in [7, 11) is 0. The highest BCUT2D eigenvalue weighted by molar-refractivity contribution is 7.09. The van der Waals surface area contributed by atoms with Crippen molar-refractivity contribution < 1.29 is 4.79 Å². The highest BCUT2D eigenvalue weighted by Crippen LogP contribution is 2.28. The maximum atomic E-state index is 12.5. The summed E-state index contributed by atoms with van der Waals surface area (Å²) in [6.45, 7) is 2.64. The topological polar surface area (TPSA) is 71.2 Å². The molecule has 0 radical (unpaired) electrons. The standard InChI is InChI=1S/C18H24N4OS.2ClH/c19-10-9-17-20-15(13-24-17)18(23)21-14-7-3-4-8-16(14)22-11-5-1-2-6-12-22;;/h3-4,7-8,13H,1-2,5-6,9-12,19H2,(H,21,23);2*1H. The average Bonchev–Trinajstić information content (AvgIpc) is 2.90. The maximum Gasteiger partial charge on any atom is 0.275 e. The lowest BCUT2D eigenvalue weighted by Gasteiger charge is -2.25. The summed E-state index contributed by atoms with van der Waals surface area (Å²) in [5, 5.41) is 5.74. The molecule has 2 aromatic rings. The Morgan fingerprint density at radius 1 is 1.15 bits per heavy atom. The summed E-state index contributed by atoms with van der Waals surface area (Å²) < 4.78 is 0. The van der Waals surface area contributed by atoms with Gasteiger partial charge in [-0.05, 0) is 31.5 Å². The van der Waals surface area contributed by atoms with E-state index in [0.29, 0.717) is 18.7 Å². The number of anilines is 2. The molecule has 0 aliphatic carbocycles. The first-order chi connectivity index (χ1) is 11.8. The zero-order valence-corrected chi connectivity index (χ0v) is 17.1. The fourth-order valence-corrected chi connectivity index (χ4v) is 3.80. The van der Waals surface area contributed by atoms with Crippen molar-refractivity contribution in [2.24, 2.45) is 5.73 Å². The number of carbonyl (C=O) groups excluding carboxylic acids is 1. The van der Waals surface area contributed by atoms with Crippen molar-refractivity contribution in [3.8, 4) is 0 Å². The van der Waals surface area contributed by atoms with Crippen LogP contribution in [-0.2, 0) is 6.42 Å². The van der Waals surface area contributed by atoms with Gasteiger partial charge in [0, 0.05) is 24.9 Å². The normalized spacial score (nSPS) is 14.0. The second-order valence-electron chi connectivity index (χ2n) is 6.04. The van der Waals surface area contributed by atoms with Crippen LogP contribution in [0.3, 0.4) is 0 Å². The van der Waals surface area contributed by atoms with Crippen LogP contribution < -0.4 is 16.0 Å². The van der Waals surface area contributed by atoms with Crippen LogP contribution in [0.4, 0.5) is 11.4 Å². The van der Waals surface area contributed by atoms with Gasteiger partial charge in [-0.3, -0.25) is 4.79 Å². The molecule has 0 bridgehead atoms. The second kappa shape index (κ2) is 11.4. The van der Waals surface area contributed by atoms with Gasteiger partial charge in [0.25, 0.3) is 5.91 Å². The number of amides is 1. The van der Waals surface area contributed by atoms with E-state index in [0.717, 1.165) is 29.5 Å². The number of nitrogens with zero attached hydrogens (tertiary/aromatic N) is 2. The average molecular weight is 417 g/mol. The van der Waals surface area contributed by atoms with Crippen LogP contribution in [0.2, 0.25) is 0 Å². The van der Waals surface area contributed by atoms with Crippen molar-refractivity contribution in [2.75, 3.05) is 29.9 Å². The van der Waals surface area contributed by atoms with Gasteiger partial charge in [-0.15, -0.1) is 36.2 Å². The number of halogens is 2. The first-order valence-electron chi connectivity index (χ1n) is 8.58.